The molecule has 0 aromatic heterocycles. The van der Waals surface area contributed by atoms with Gasteiger partial charge in [-0.1, -0.05) is 96.6 Å². The second-order valence-corrected chi connectivity index (χ2v) is 15.1. The molecule has 9 heteroatoms. The van der Waals surface area contributed by atoms with E-state index in [4.69, 9.17) is 4.74 Å². The topological polar surface area (TPSA) is 96.0 Å². The Morgan fingerprint density at radius 2 is 1.28 bits per heavy atom. The van der Waals surface area contributed by atoms with Crippen LogP contribution >= 0.6 is 0 Å². The Bertz CT molecular complexity index is 1980. The molecule has 0 fully saturated rings. The number of hydrogen-bond acceptors (Lipinski definition) is 5. The van der Waals surface area contributed by atoms with E-state index in [1.54, 1.807) is 42.5 Å². The third-order valence-electron chi connectivity index (χ3n) is 7.92. The van der Waals surface area contributed by atoms with E-state index in [2.05, 4.69) is 5.32 Å². The lowest BCUT2D eigenvalue weighted by Crippen LogP contribution is -2.56. The fraction of sp³-hybridized carbons (Fsp3) is 0.220. The van der Waals surface area contributed by atoms with E-state index >= 15 is 0 Å². The van der Waals surface area contributed by atoms with E-state index in [9.17, 15) is 18.0 Å². The Morgan fingerprint density at radius 1 is 0.720 bits per heavy atom. The third-order valence-corrected chi connectivity index (χ3v) is 9.71. The first kappa shape index (κ1) is 35.9. The van der Waals surface area contributed by atoms with Gasteiger partial charge in [0.05, 0.1) is 10.6 Å². The fourth-order valence-corrected chi connectivity index (χ4v) is 7.00. The minimum Gasteiger partial charge on any atom is -0.457 e. The van der Waals surface area contributed by atoms with Crippen molar-refractivity contribution in [3.05, 3.63) is 156 Å². The predicted octanol–water partition coefficient (Wildman–Crippen LogP) is 7.54. The molecule has 2 amide bonds. The molecule has 0 bridgehead atoms. The SMILES string of the molecule is Cc1cccc(CN(C(=O)CN(c2ccc(Oc3ccccc3)cc2)S(=O)(=O)c2ccccc2)[C@@H](Cc2ccccc2)C(=O)NC(C)(C)C)c1. The molecule has 0 aliphatic heterocycles. The molecule has 0 saturated heterocycles. The molecule has 0 unspecified atom stereocenters. The van der Waals surface area contributed by atoms with Gasteiger partial charge in [0.15, 0.2) is 0 Å². The van der Waals surface area contributed by atoms with E-state index < -0.39 is 34.1 Å². The van der Waals surface area contributed by atoms with Crippen LogP contribution in [0.25, 0.3) is 0 Å². The first-order valence-electron chi connectivity index (χ1n) is 16.5. The second kappa shape index (κ2) is 15.9. The summed E-state index contributed by atoms with van der Waals surface area (Å²) in [4.78, 5) is 30.3. The number of aryl methyl sites for hydroxylation is 1. The maximum Gasteiger partial charge on any atom is 0.264 e. The number of para-hydroxylation sites is 1. The Kier molecular flexibility index (Phi) is 11.4. The van der Waals surface area contributed by atoms with Gasteiger partial charge in [-0.25, -0.2) is 8.42 Å². The molecule has 1 N–H and O–H groups in total. The van der Waals surface area contributed by atoms with Crippen molar-refractivity contribution in [3.63, 3.8) is 0 Å². The summed E-state index contributed by atoms with van der Waals surface area (Å²) in [5.74, 6) is 0.281. The van der Waals surface area contributed by atoms with E-state index in [1.165, 1.54) is 17.0 Å². The summed E-state index contributed by atoms with van der Waals surface area (Å²) in [7, 11) is -4.22. The lowest BCUT2D eigenvalue weighted by atomic mass is 10.0. The van der Waals surface area contributed by atoms with Crippen molar-refractivity contribution in [2.75, 3.05) is 10.8 Å². The second-order valence-electron chi connectivity index (χ2n) is 13.2. The van der Waals surface area contributed by atoms with Gasteiger partial charge in [0.25, 0.3) is 10.0 Å². The van der Waals surface area contributed by atoms with Crippen LogP contribution in [0.3, 0.4) is 0 Å². The molecule has 0 spiro atoms. The highest BCUT2D eigenvalue weighted by Crippen LogP contribution is 2.29. The van der Waals surface area contributed by atoms with E-state index in [0.29, 0.717) is 11.5 Å². The van der Waals surface area contributed by atoms with Gasteiger partial charge in [-0.2, -0.15) is 0 Å². The molecule has 1 atom stereocenters. The molecular weight excluding hydrogens is 647 g/mol. The van der Waals surface area contributed by atoms with Gasteiger partial charge in [-0.3, -0.25) is 13.9 Å². The van der Waals surface area contributed by atoms with Crippen LogP contribution in [0.15, 0.2) is 144 Å². The lowest BCUT2D eigenvalue weighted by molar-refractivity contribution is -0.140. The van der Waals surface area contributed by atoms with Crippen molar-refractivity contribution in [2.24, 2.45) is 0 Å². The molecule has 5 rings (SSSR count). The first-order valence-corrected chi connectivity index (χ1v) is 17.9. The Morgan fingerprint density at radius 3 is 1.88 bits per heavy atom. The third kappa shape index (κ3) is 9.60. The van der Waals surface area contributed by atoms with Crippen LogP contribution in [-0.4, -0.2) is 43.3 Å². The molecular formula is C41H43N3O5S. The van der Waals surface area contributed by atoms with Crippen molar-refractivity contribution in [1.29, 1.82) is 0 Å². The number of benzene rings is 5. The highest BCUT2D eigenvalue weighted by molar-refractivity contribution is 7.92. The van der Waals surface area contributed by atoms with Crippen LogP contribution in [0.1, 0.15) is 37.5 Å². The number of sulfonamides is 1. The summed E-state index contributed by atoms with van der Waals surface area (Å²) in [6.45, 7) is 7.17. The van der Waals surface area contributed by atoms with Crippen LogP contribution < -0.4 is 14.4 Å². The van der Waals surface area contributed by atoms with Crippen LogP contribution in [-0.2, 0) is 32.6 Å². The van der Waals surface area contributed by atoms with Gasteiger partial charge >= 0.3 is 0 Å². The normalized spacial score (nSPS) is 12.1. The number of carbonyl (C=O) groups is 2. The standard InChI is InChI=1S/C41H43N3O5S/c1-31-15-14-18-33(27-31)29-43(38(40(46)42-41(2,3)4)28-32-16-8-5-9-17-32)39(45)30-44(50(47,48)37-21-12-7-13-22-37)34-23-25-36(26-24-34)49-35-19-10-6-11-20-35/h5-27,38H,28-30H2,1-4H3,(H,42,46)/t38-/m0/s1. The van der Waals surface area contributed by atoms with Crippen LogP contribution in [0.2, 0.25) is 0 Å². The van der Waals surface area contributed by atoms with Gasteiger partial charge < -0.3 is 15.0 Å². The fourth-order valence-electron chi connectivity index (χ4n) is 5.57. The number of anilines is 1. The number of rotatable bonds is 13. The number of nitrogens with one attached hydrogen (secondary N) is 1. The van der Waals surface area contributed by atoms with Crippen molar-refractivity contribution >= 4 is 27.5 Å². The Labute approximate surface area is 295 Å². The van der Waals surface area contributed by atoms with E-state index in [1.807, 2.05) is 113 Å². The molecule has 5 aromatic rings. The summed E-state index contributed by atoms with van der Waals surface area (Å²) in [6, 6.07) is 40.1. The highest BCUT2D eigenvalue weighted by atomic mass is 32.2. The predicted molar refractivity (Wildman–Crippen MR) is 197 cm³/mol. The van der Waals surface area contributed by atoms with Gasteiger partial charge in [-0.05, 0) is 87.4 Å². The zero-order chi connectivity index (χ0) is 35.7. The van der Waals surface area contributed by atoms with Gasteiger partial charge in [0.1, 0.15) is 24.1 Å². The monoisotopic (exact) mass is 689 g/mol. The number of ether oxygens (including phenoxy) is 1. The number of amides is 2. The molecule has 50 heavy (non-hydrogen) atoms. The zero-order valence-corrected chi connectivity index (χ0v) is 29.6. The van der Waals surface area contributed by atoms with Crippen molar-refractivity contribution in [3.8, 4) is 11.5 Å². The van der Waals surface area contributed by atoms with Gasteiger partial charge in [-0.15, -0.1) is 0 Å². The molecule has 5 aromatic carbocycles. The summed E-state index contributed by atoms with van der Waals surface area (Å²) in [6.07, 6.45) is 0.233. The van der Waals surface area contributed by atoms with E-state index in [0.717, 1.165) is 21.0 Å². The summed E-state index contributed by atoms with van der Waals surface area (Å²) < 4.78 is 35.6. The minimum atomic E-state index is -4.22. The van der Waals surface area contributed by atoms with Crippen LogP contribution in [0, 0.1) is 6.92 Å². The minimum absolute atomic E-state index is 0.0361. The molecule has 8 nitrogen and oxygen atoms in total. The summed E-state index contributed by atoms with van der Waals surface area (Å²) in [5, 5.41) is 3.06. The van der Waals surface area contributed by atoms with Gasteiger partial charge in [0.2, 0.25) is 11.8 Å². The molecule has 0 saturated carbocycles. The van der Waals surface area contributed by atoms with Crippen molar-refractivity contribution < 1.29 is 22.7 Å². The first-order chi connectivity index (χ1) is 23.9. The average Bonchev–Trinajstić information content (AvgIpc) is 3.09. The maximum atomic E-state index is 14.7. The molecule has 0 aliphatic rings. The molecule has 0 radical (unpaired) electrons. The molecule has 0 heterocycles. The Balaban J connectivity index is 1.56. The summed E-state index contributed by atoms with van der Waals surface area (Å²) >= 11 is 0. The largest absolute Gasteiger partial charge is 0.457 e. The average molecular weight is 690 g/mol. The van der Waals surface area contributed by atoms with Gasteiger partial charge in [0, 0.05) is 18.5 Å². The summed E-state index contributed by atoms with van der Waals surface area (Å²) in [5.41, 5.74) is 2.39. The smallest absolute Gasteiger partial charge is 0.264 e. The molecule has 258 valence electrons. The highest BCUT2D eigenvalue weighted by Gasteiger charge is 2.35. The van der Waals surface area contributed by atoms with Crippen LogP contribution in [0.4, 0.5) is 5.69 Å². The maximum absolute atomic E-state index is 14.7. The van der Waals surface area contributed by atoms with Crippen LogP contribution in [0.5, 0.6) is 11.5 Å². The zero-order valence-electron chi connectivity index (χ0n) is 28.8. The number of nitrogens with zero attached hydrogens (tertiary/aromatic N) is 2. The molecule has 0 aliphatic carbocycles. The van der Waals surface area contributed by atoms with Crippen molar-refractivity contribution in [2.45, 2.75) is 57.1 Å². The Hall–Kier alpha value is -5.41. The number of carbonyl (C=O) groups excluding carboxylic acids is 2. The quantitative estimate of drug-likeness (QED) is 0.138. The van der Waals surface area contributed by atoms with E-state index in [-0.39, 0.29) is 29.5 Å². The lowest BCUT2D eigenvalue weighted by Gasteiger charge is -2.35. The van der Waals surface area contributed by atoms with Crippen molar-refractivity contribution in [1.82, 2.24) is 10.2 Å². The number of hydrogen-bond donors (Lipinski definition) is 1.